The van der Waals surface area contributed by atoms with Crippen molar-refractivity contribution < 1.29 is 27.5 Å². The van der Waals surface area contributed by atoms with Crippen LogP contribution in [0.25, 0.3) is 34.4 Å². The van der Waals surface area contributed by atoms with Crippen molar-refractivity contribution in [3.63, 3.8) is 0 Å². The van der Waals surface area contributed by atoms with Crippen LogP contribution in [-0.2, 0) is 17.5 Å². The Morgan fingerprint density at radius 1 is 1.11 bits per heavy atom. The summed E-state index contributed by atoms with van der Waals surface area (Å²) in [6.07, 6.45) is 1.01. The number of nitrogens with one attached hydrogen (secondary N) is 1. The lowest BCUT2D eigenvalue weighted by Crippen LogP contribution is -2.38. The minimum Gasteiger partial charge on any atom is -0.480 e. The third-order valence-corrected chi connectivity index (χ3v) is 6.67. The van der Waals surface area contributed by atoms with Gasteiger partial charge in [-0.05, 0) is 77.4 Å². The molecule has 0 atom stereocenters. The van der Waals surface area contributed by atoms with Crippen molar-refractivity contribution in [2.45, 2.75) is 38.0 Å². The van der Waals surface area contributed by atoms with Crippen molar-refractivity contribution >= 4 is 29.2 Å². The van der Waals surface area contributed by atoms with Crippen LogP contribution < -0.4 is 5.32 Å². The summed E-state index contributed by atoms with van der Waals surface area (Å²) in [5.74, 6) is -0.938. The van der Waals surface area contributed by atoms with Gasteiger partial charge in [0.05, 0.1) is 5.56 Å². The van der Waals surface area contributed by atoms with Gasteiger partial charge < -0.3 is 9.52 Å². The minimum atomic E-state index is -4.52. The SMILES string of the molecule is Cc1c(/C=C/c2cc(CNC3(C(=O)O)CC3)ccc2C(F)(F)F)cccc1-c1ccc2ncoc2c1. The Kier molecular flexibility index (Phi) is 5.92. The van der Waals surface area contributed by atoms with Crippen LogP contribution in [0.1, 0.15) is 40.7 Å². The van der Waals surface area contributed by atoms with E-state index in [1.54, 1.807) is 6.08 Å². The van der Waals surface area contributed by atoms with Crippen molar-refractivity contribution in [3.8, 4) is 11.1 Å². The maximum atomic E-state index is 13.7. The van der Waals surface area contributed by atoms with Crippen LogP contribution in [0.15, 0.2) is 65.4 Å². The maximum Gasteiger partial charge on any atom is 0.416 e. The first kappa shape index (κ1) is 23.8. The maximum absolute atomic E-state index is 13.7. The number of halogens is 3. The Bertz CT molecular complexity index is 1480. The van der Waals surface area contributed by atoms with Crippen molar-refractivity contribution in [1.82, 2.24) is 10.3 Å². The molecule has 5 rings (SSSR count). The number of nitrogens with zero attached hydrogens (tertiary/aromatic N) is 1. The zero-order valence-electron chi connectivity index (χ0n) is 19.4. The predicted octanol–water partition coefficient (Wildman–Crippen LogP) is 6.70. The number of carboxylic acids is 1. The number of benzene rings is 3. The van der Waals surface area contributed by atoms with E-state index in [1.165, 1.54) is 24.6 Å². The Balaban J connectivity index is 1.46. The summed E-state index contributed by atoms with van der Waals surface area (Å²) in [5.41, 5.74) is 3.85. The first-order valence-corrected chi connectivity index (χ1v) is 11.5. The number of hydrogen-bond acceptors (Lipinski definition) is 4. The zero-order chi connectivity index (χ0) is 25.5. The molecule has 0 aliphatic heterocycles. The topological polar surface area (TPSA) is 75.4 Å². The first-order chi connectivity index (χ1) is 17.2. The molecule has 8 heteroatoms. The van der Waals surface area contributed by atoms with Crippen LogP contribution in [0.5, 0.6) is 0 Å². The van der Waals surface area contributed by atoms with Crippen LogP contribution in [0.3, 0.4) is 0 Å². The van der Waals surface area contributed by atoms with Gasteiger partial charge in [0.25, 0.3) is 0 Å². The van der Waals surface area contributed by atoms with E-state index in [9.17, 15) is 23.1 Å². The third kappa shape index (κ3) is 4.64. The predicted molar refractivity (Wildman–Crippen MR) is 131 cm³/mol. The first-order valence-electron chi connectivity index (χ1n) is 11.5. The summed E-state index contributed by atoms with van der Waals surface area (Å²) >= 11 is 0. The molecule has 1 aliphatic rings. The van der Waals surface area contributed by atoms with Gasteiger partial charge in [-0.25, -0.2) is 4.98 Å². The van der Waals surface area contributed by atoms with Crippen molar-refractivity contribution in [2.24, 2.45) is 0 Å². The lowest BCUT2D eigenvalue weighted by atomic mass is 9.95. The Hall–Kier alpha value is -3.91. The van der Waals surface area contributed by atoms with E-state index in [1.807, 2.05) is 43.3 Å². The van der Waals surface area contributed by atoms with Crippen LogP contribution >= 0.6 is 0 Å². The summed E-state index contributed by atoms with van der Waals surface area (Å²) in [4.78, 5) is 15.5. The van der Waals surface area contributed by atoms with E-state index in [4.69, 9.17) is 4.42 Å². The highest BCUT2D eigenvalue weighted by Gasteiger charge is 2.49. The number of aromatic nitrogens is 1. The van der Waals surface area contributed by atoms with Gasteiger partial charge in [-0.2, -0.15) is 13.2 Å². The summed E-state index contributed by atoms with van der Waals surface area (Å²) in [6, 6.07) is 15.2. The number of oxazole rings is 1. The number of carboxylic acid groups (broad SMARTS) is 1. The summed E-state index contributed by atoms with van der Waals surface area (Å²) in [6.45, 7) is 2.09. The van der Waals surface area contributed by atoms with E-state index in [0.29, 0.717) is 24.0 Å². The normalized spacial score (nSPS) is 15.0. The van der Waals surface area contributed by atoms with E-state index in [-0.39, 0.29) is 12.1 Å². The summed E-state index contributed by atoms with van der Waals surface area (Å²) in [5, 5.41) is 12.3. The molecule has 1 aromatic heterocycles. The van der Waals surface area contributed by atoms with Gasteiger partial charge >= 0.3 is 12.1 Å². The Morgan fingerprint density at radius 3 is 2.61 bits per heavy atom. The molecule has 0 amide bonds. The highest BCUT2D eigenvalue weighted by molar-refractivity contribution is 5.84. The average Bonchev–Trinajstić information content (AvgIpc) is 3.50. The van der Waals surface area contributed by atoms with Gasteiger partial charge in [0.2, 0.25) is 0 Å². The molecule has 1 heterocycles. The molecule has 5 nitrogen and oxygen atoms in total. The number of fused-ring (bicyclic) bond motifs is 1. The van der Waals surface area contributed by atoms with Crippen LogP contribution in [0.4, 0.5) is 13.2 Å². The van der Waals surface area contributed by atoms with Crippen molar-refractivity contribution in [3.05, 3.63) is 88.8 Å². The summed E-state index contributed by atoms with van der Waals surface area (Å²) < 4.78 is 46.6. The Morgan fingerprint density at radius 2 is 1.89 bits per heavy atom. The molecular formula is C28H23F3N2O3. The quantitative estimate of drug-likeness (QED) is 0.281. The third-order valence-electron chi connectivity index (χ3n) is 6.67. The molecule has 184 valence electrons. The molecule has 1 saturated carbocycles. The number of alkyl halides is 3. The molecule has 0 bridgehead atoms. The summed E-state index contributed by atoms with van der Waals surface area (Å²) in [7, 11) is 0. The molecule has 1 fully saturated rings. The van der Waals surface area contributed by atoms with Crippen LogP contribution in [0.2, 0.25) is 0 Å². The van der Waals surface area contributed by atoms with Gasteiger partial charge in [0.1, 0.15) is 11.1 Å². The fourth-order valence-electron chi connectivity index (χ4n) is 4.33. The lowest BCUT2D eigenvalue weighted by molar-refractivity contribution is -0.140. The largest absolute Gasteiger partial charge is 0.480 e. The van der Waals surface area contributed by atoms with E-state index in [0.717, 1.165) is 33.8 Å². The molecular weight excluding hydrogens is 469 g/mol. The fourth-order valence-corrected chi connectivity index (χ4v) is 4.33. The molecule has 4 aromatic rings. The standard InChI is InChI=1S/C28H23F3N2O3/c1-17-19(3-2-4-22(17)20-8-10-24-25(14-20)36-16-32-24)6-7-21-13-18(5-9-23(21)28(29,30)31)15-33-27(11-12-27)26(34)35/h2-10,13-14,16,33H,11-12,15H2,1H3,(H,34,35)/b7-6+. The molecule has 0 unspecified atom stereocenters. The van der Waals surface area contributed by atoms with Crippen LogP contribution in [-0.4, -0.2) is 21.6 Å². The average molecular weight is 492 g/mol. The van der Waals surface area contributed by atoms with Crippen molar-refractivity contribution in [2.75, 3.05) is 0 Å². The highest BCUT2D eigenvalue weighted by Crippen LogP contribution is 2.37. The van der Waals surface area contributed by atoms with Gasteiger partial charge in [-0.1, -0.05) is 42.5 Å². The van der Waals surface area contributed by atoms with E-state index < -0.39 is 23.2 Å². The second-order valence-electron chi connectivity index (χ2n) is 9.05. The van der Waals surface area contributed by atoms with Crippen LogP contribution in [0, 0.1) is 6.92 Å². The van der Waals surface area contributed by atoms with Gasteiger partial charge in [0, 0.05) is 6.54 Å². The second-order valence-corrected chi connectivity index (χ2v) is 9.05. The fraction of sp³-hybridized carbons (Fsp3) is 0.214. The lowest BCUT2D eigenvalue weighted by Gasteiger charge is -2.15. The monoisotopic (exact) mass is 492 g/mol. The van der Waals surface area contributed by atoms with Gasteiger partial charge in [-0.3, -0.25) is 10.1 Å². The number of aliphatic carboxylic acids is 1. The number of carbonyl (C=O) groups is 1. The van der Waals surface area contributed by atoms with E-state index >= 15 is 0 Å². The highest BCUT2D eigenvalue weighted by atomic mass is 19.4. The molecule has 36 heavy (non-hydrogen) atoms. The minimum absolute atomic E-state index is 0.0230. The molecule has 3 aromatic carbocycles. The second kappa shape index (κ2) is 8.95. The molecule has 0 spiro atoms. The smallest absolute Gasteiger partial charge is 0.416 e. The Labute approximate surface area is 205 Å². The molecule has 0 saturated heterocycles. The van der Waals surface area contributed by atoms with Gasteiger partial charge in [-0.15, -0.1) is 0 Å². The zero-order valence-corrected chi connectivity index (χ0v) is 19.4. The molecule has 2 N–H and O–H groups in total. The molecule has 1 aliphatic carbocycles. The van der Waals surface area contributed by atoms with Gasteiger partial charge in [0.15, 0.2) is 12.0 Å². The molecule has 0 radical (unpaired) electrons. The number of hydrogen-bond donors (Lipinski definition) is 2. The number of rotatable bonds is 7. The van der Waals surface area contributed by atoms with E-state index in [2.05, 4.69) is 10.3 Å². The van der Waals surface area contributed by atoms with Crippen molar-refractivity contribution in [1.29, 1.82) is 0 Å².